The van der Waals surface area contributed by atoms with E-state index in [1.165, 1.54) is 11.1 Å². The summed E-state index contributed by atoms with van der Waals surface area (Å²) >= 11 is 0. The Labute approximate surface area is 210 Å². The molecule has 2 N–H and O–H groups in total. The van der Waals surface area contributed by atoms with Gasteiger partial charge in [-0.1, -0.05) is 50.6 Å². The Morgan fingerprint density at radius 2 is 1.74 bits per heavy atom. The van der Waals surface area contributed by atoms with Crippen LogP contribution in [0.25, 0.3) is 0 Å². The predicted octanol–water partition coefficient (Wildman–Crippen LogP) is 3.48. The Balaban J connectivity index is 1.88. The van der Waals surface area contributed by atoms with Gasteiger partial charge >= 0.3 is 6.03 Å². The zero-order valence-electron chi connectivity index (χ0n) is 22.2. The summed E-state index contributed by atoms with van der Waals surface area (Å²) < 4.78 is 5.96. The van der Waals surface area contributed by atoms with Crippen LogP contribution in [0.1, 0.15) is 64.5 Å². The minimum Gasteiger partial charge on any atom is -0.347 e. The van der Waals surface area contributed by atoms with E-state index in [0.717, 1.165) is 30.7 Å². The third kappa shape index (κ3) is 7.27. The smallest absolute Gasteiger partial charge is 0.326 e. The zero-order chi connectivity index (χ0) is 25.8. The minimum atomic E-state index is -0.760. The highest BCUT2D eigenvalue weighted by molar-refractivity contribution is 6.03. The summed E-state index contributed by atoms with van der Waals surface area (Å²) in [5.74, 6) is -0.362. The second-order valence-corrected chi connectivity index (χ2v) is 9.20. The van der Waals surface area contributed by atoms with Crippen molar-refractivity contribution in [3.8, 4) is 0 Å². The molecular formula is C27H44N4O4. The van der Waals surface area contributed by atoms with Crippen molar-refractivity contribution in [1.82, 2.24) is 20.4 Å². The standard InChI is InChI=1S/C27H44N4O4/c1-6-27(7-2)24(33)31(25(27)35-20-23(32)30(9-4)19-18-28-8-3)26(34)29-17-11-10-12-22-15-13-21(5)14-16-22/h13-16,25,28H,6-12,17-20H2,1-5H3,(H,29,34)/t25-/m0/s1. The van der Waals surface area contributed by atoms with E-state index in [-0.39, 0.29) is 18.4 Å². The first-order valence-corrected chi connectivity index (χ1v) is 13.1. The Hall–Kier alpha value is -2.45. The van der Waals surface area contributed by atoms with Gasteiger partial charge in [-0.15, -0.1) is 0 Å². The number of rotatable bonds is 15. The number of aryl methyl sites for hydroxylation is 2. The van der Waals surface area contributed by atoms with Crippen molar-refractivity contribution in [1.29, 1.82) is 0 Å². The van der Waals surface area contributed by atoms with Crippen LogP contribution in [0.5, 0.6) is 0 Å². The summed E-state index contributed by atoms with van der Waals surface area (Å²) in [7, 11) is 0. The van der Waals surface area contributed by atoms with Gasteiger partial charge < -0.3 is 20.3 Å². The summed E-state index contributed by atoms with van der Waals surface area (Å²) in [6.45, 7) is 12.9. The normalized spacial score (nSPS) is 16.7. The highest BCUT2D eigenvalue weighted by atomic mass is 16.5. The molecule has 1 aliphatic heterocycles. The van der Waals surface area contributed by atoms with Gasteiger partial charge in [0.15, 0.2) is 6.23 Å². The first kappa shape index (κ1) is 28.8. The summed E-state index contributed by atoms with van der Waals surface area (Å²) in [4.78, 5) is 41.4. The topological polar surface area (TPSA) is 91.0 Å². The monoisotopic (exact) mass is 488 g/mol. The van der Waals surface area contributed by atoms with Crippen LogP contribution in [-0.2, 0) is 20.7 Å². The van der Waals surface area contributed by atoms with E-state index in [2.05, 4.69) is 41.8 Å². The average molecular weight is 489 g/mol. The van der Waals surface area contributed by atoms with E-state index in [1.807, 2.05) is 27.7 Å². The van der Waals surface area contributed by atoms with E-state index < -0.39 is 17.7 Å². The molecular weight excluding hydrogens is 444 g/mol. The second kappa shape index (κ2) is 14.2. The van der Waals surface area contributed by atoms with Crippen LogP contribution in [0.3, 0.4) is 0 Å². The number of likely N-dealkylation sites (N-methyl/N-ethyl adjacent to an activating group) is 2. The number of carbonyl (C=O) groups excluding carboxylic acids is 3. The lowest BCUT2D eigenvalue weighted by molar-refractivity contribution is -0.211. The van der Waals surface area contributed by atoms with Gasteiger partial charge in [-0.25, -0.2) is 9.69 Å². The number of unbranched alkanes of at least 4 members (excludes halogenated alkanes) is 1. The van der Waals surface area contributed by atoms with E-state index in [4.69, 9.17) is 4.74 Å². The SMILES string of the molecule is CCNCCN(CC)C(=O)CO[C@@H]1N(C(=O)NCCCCc2ccc(C)cc2)C(=O)C1(CC)CC. The van der Waals surface area contributed by atoms with E-state index >= 15 is 0 Å². The van der Waals surface area contributed by atoms with Crippen LogP contribution in [0.2, 0.25) is 0 Å². The fourth-order valence-electron chi connectivity index (χ4n) is 4.55. The molecule has 0 bridgehead atoms. The molecule has 1 aliphatic rings. The number of ether oxygens (including phenoxy) is 1. The maximum Gasteiger partial charge on any atom is 0.326 e. The van der Waals surface area contributed by atoms with Gasteiger partial charge in [0, 0.05) is 26.2 Å². The molecule has 0 saturated carbocycles. The van der Waals surface area contributed by atoms with E-state index in [0.29, 0.717) is 39.0 Å². The van der Waals surface area contributed by atoms with Crippen LogP contribution in [0, 0.1) is 12.3 Å². The number of urea groups is 1. The Kier molecular flexibility index (Phi) is 11.7. The third-order valence-electron chi connectivity index (χ3n) is 7.03. The predicted molar refractivity (Wildman–Crippen MR) is 138 cm³/mol. The van der Waals surface area contributed by atoms with Crippen LogP contribution in [-0.4, -0.2) is 73.2 Å². The molecule has 0 unspecified atom stereocenters. The number of nitrogens with zero attached hydrogens (tertiary/aromatic N) is 2. The van der Waals surface area contributed by atoms with Gasteiger partial charge in [-0.2, -0.15) is 0 Å². The van der Waals surface area contributed by atoms with Gasteiger partial charge in [-0.3, -0.25) is 9.59 Å². The minimum absolute atomic E-state index is 0.137. The first-order valence-electron chi connectivity index (χ1n) is 13.1. The van der Waals surface area contributed by atoms with E-state index in [9.17, 15) is 14.4 Å². The second-order valence-electron chi connectivity index (χ2n) is 9.20. The molecule has 1 aromatic carbocycles. The lowest BCUT2D eigenvalue weighted by Gasteiger charge is -2.53. The maximum atomic E-state index is 13.0. The molecule has 0 aromatic heterocycles. The first-order chi connectivity index (χ1) is 16.8. The molecule has 1 fully saturated rings. The molecule has 1 heterocycles. The number of hydrogen-bond acceptors (Lipinski definition) is 5. The number of hydrogen-bond donors (Lipinski definition) is 2. The number of amides is 4. The third-order valence-corrected chi connectivity index (χ3v) is 7.03. The molecule has 1 saturated heterocycles. The van der Waals surface area contributed by atoms with Crippen molar-refractivity contribution in [2.45, 2.75) is 73.0 Å². The van der Waals surface area contributed by atoms with Crippen LogP contribution < -0.4 is 10.6 Å². The van der Waals surface area contributed by atoms with Gasteiger partial charge in [0.1, 0.15) is 6.61 Å². The number of carbonyl (C=O) groups is 3. The highest BCUT2D eigenvalue weighted by Crippen LogP contribution is 2.45. The lowest BCUT2D eigenvalue weighted by Crippen LogP contribution is -2.72. The molecule has 0 aliphatic carbocycles. The molecule has 8 heteroatoms. The lowest BCUT2D eigenvalue weighted by atomic mass is 9.72. The molecule has 1 aromatic rings. The molecule has 2 rings (SSSR count). The largest absolute Gasteiger partial charge is 0.347 e. The average Bonchev–Trinajstić information content (AvgIpc) is 2.86. The summed E-state index contributed by atoms with van der Waals surface area (Å²) in [6, 6.07) is 8.02. The molecule has 0 spiro atoms. The maximum absolute atomic E-state index is 13.0. The van der Waals surface area contributed by atoms with E-state index in [1.54, 1.807) is 4.90 Å². The summed E-state index contributed by atoms with van der Waals surface area (Å²) in [5, 5.41) is 6.08. The number of nitrogens with one attached hydrogen (secondary N) is 2. The molecule has 0 radical (unpaired) electrons. The van der Waals surface area contributed by atoms with Crippen LogP contribution >= 0.6 is 0 Å². The Morgan fingerprint density at radius 3 is 2.34 bits per heavy atom. The van der Waals surface area contributed by atoms with Crippen molar-refractivity contribution in [3.05, 3.63) is 35.4 Å². The summed E-state index contributed by atoms with van der Waals surface area (Å²) in [5.41, 5.74) is 1.76. The molecule has 4 amide bonds. The number of β-lactam (4-membered cyclic amide) rings is 1. The van der Waals surface area contributed by atoms with Crippen LogP contribution in [0.15, 0.2) is 24.3 Å². The quantitative estimate of drug-likeness (QED) is 0.291. The molecule has 8 nitrogen and oxygen atoms in total. The van der Waals surface area contributed by atoms with Crippen molar-refractivity contribution in [2.75, 3.05) is 39.3 Å². The number of benzene rings is 1. The van der Waals surface area contributed by atoms with Crippen LogP contribution in [0.4, 0.5) is 4.79 Å². The van der Waals surface area contributed by atoms with Gasteiger partial charge in [-0.05, 0) is 58.1 Å². The molecule has 35 heavy (non-hydrogen) atoms. The van der Waals surface area contributed by atoms with Crippen molar-refractivity contribution in [3.63, 3.8) is 0 Å². The summed E-state index contributed by atoms with van der Waals surface area (Å²) in [6.07, 6.45) is 3.09. The van der Waals surface area contributed by atoms with Crippen molar-refractivity contribution < 1.29 is 19.1 Å². The van der Waals surface area contributed by atoms with Gasteiger partial charge in [0.25, 0.3) is 0 Å². The fourth-order valence-corrected chi connectivity index (χ4v) is 4.55. The van der Waals surface area contributed by atoms with Crippen molar-refractivity contribution >= 4 is 17.8 Å². The zero-order valence-corrected chi connectivity index (χ0v) is 22.2. The number of likely N-dealkylation sites (tertiary alicyclic amines) is 1. The fraction of sp³-hybridized carbons (Fsp3) is 0.667. The highest BCUT2D eigenvalue weighted by Gasteiger charge is 2.62. The van der Waals surface area contributed by atoms with Gasteiger partial charge in [0.2, 0.25) is 11.8 Å². The molecule has 196 valence electrons. The number of imide groups is 1. The Bertz CT molecular complexity index is 823. The Morgan fingerprint density at radius 1 is 1.06 bits per heavy atom. The van der Waals surface area contributed by atoms with Crippen molar-refractivity contribution in [2.24, 2.45) is 5.41 Å². The van der Waals surface area contributed by atoms with Gasteiger partial charge in [0.05, 0.1) is 5.41 Å². The molecule has 1 atom stereocenters.